The van der Waals surface area contributed by atoms with Crippen molar-refractivity contribution in [3.05, 3.63) is 0 Å². The number of piperidine rings is 1. The third-order valence-electron chi connectivity index (χ3n) is 3.37. The first-order valence-electron chi connectivity index (χ1n) is 8.48. The van der Waals surface area contributed by atoms with Gasteiger partial charge in [0, 0.05) is 37.6 Å². The summed E-state index contributed by atoms with van der Waals surface area (Å²) in [6.45, 7) is 13.5. The molecule has 1 atom stereocenters. The largest absolute Gasteiger partial charge is 0.444 e. The third-order valence-corrected chi connectivity index (χ3v) is 3.37. The second-order valence-corrected chi connectivity index (χ2v) is 8.27. The highest BCUT2D eigenvalue weighted by Crippen LogP contribution is 2.15. The minimum atomic E-state index is -0.470. The van der Waals surface area contributed by atoms with Crippen molar-refractivity contribution >= 4 is 12.0 Å². The van der Waals surface area contributed by atoms with E-state index >= 15 is 0 Å². The van der Waals surface area contributed by atoms with Crippen LogP contribution in [0.25, 0.3) is 0 Å². The number of hydrogen-bond acceptors (Lipinski definition) is 4. The van der Waals surface area contributed by atoms with E-state index in [1.807, 2.05) is 41.5 Å². The lowest BCUT2D eigenvalue weighted by Crippen LogP contribution is -2.50. The normalized spacial score (nSPS) is 19.4. The molecule has 2 amide bonds. The number of hydrogen-bond donors (Lipinski definition) is 2. The number of ether oxygens (including phenoxy) is 1. The van der Waals surface area contributed by atoms with E-state index in [0.29, 0.717) is 19.5 Å². The molecule has 0 aliphatic carbocycles. The van der Waals surface area contributed by atoms with Gasteiger partial charge in [0.2, 0.25) is 5.91 Å². The van der Waals surface area contributed by atoms with Crippen LogP contribution in [-0.2, 0) is 9.53 Å². The standard InChI is InChI=1S/C17H33N3O3/c1-16(2,3)19-14(21)9-10-18-13-8-7-11-20(12-13)15(22)23-17(4,5)6/h13,18H,7-12H2,1-6H3,(H,19,21). The van der Waals surface area contributed by atoms with Crippen molar-refractivity contribution in [3.63, 3.8) is 0 Å². The summed E-state index contributed by atoms with van der Waals surface area (Å²) >= 11 is 0. The zero-order valence-electron chi connectivity index (χ0n) is 15.5. The van der Waals surface area contributed by atoms with Gasteiger partial charge in [-0.1, -0.05) is 0 Å². The molecule has 23 heavy (non-hydrogen) atoms. The van der Waals surface area contributed by atoms with Crippen molar-refractivity contribution in [3.8, 4) is 0 Å². The van der Waals surface area contributed by atoms with E-state index in [-0.39, 0.29) is 23.6 Å². The first-order valence-corrected chi connectivity index (χ1v) is 8.48. The van der Waals surface area contributed by atoms with E-state index < -0.39 is 5.60 Å². The van der Waals surface area contributed by atoms with Crippen molar-refractivity contribution in [1.82, 2.24) is 15.5 Å². The van der Waals surface area contributed by atoms with Gasteiger partial charge < -0.3 is 20.3 Å². The quantitative estimate of drug-likeness (QED) is 0.831. The van der Waals surface area contributed by atoms with Crippen molar-refractivity contribution in [2.45, 2.75) is 78.0 Å². The van der Waals surface area contributed by atoms with Crippen LogP contribution >= 0.6 is 0 Å². The Balaban J connectivity index is 2.33. The lowest BCUT2D eigenvalue weighted by Gasteiger charge is -2.34. The highest BCUT2D eigenvalue weighted by molar-refractivity contribution is 5.76. The Kier molecular flexibility index (Phi) is 6.86. The van der Waals surface area contributed by atoms with Gasteiger partial charge in [-0.2, -0.15) is 0 Å². The minimum Gasteiger partial charge on any atom is -0.444 e. The predicted molar refractivity (Wildman–Crippen MR) is 91.3 cm³/mol. The highest BCUT2D eigenvalue weighted by atomic mass is 16.6. The summed E-state index contributed by atoms with van der Waals surface area (Å²) < 4.78 is 5.42. The molecule has 0 aromatic heterocycles. The summed E-state index contributed by atoms with van der Waals surface area (Å²) in [6.07, 6.45) is 2.15. The number of amides is 2. The summed E-state index contributed by atoms with van der Waals surface area (Å²) in [5.74, 6) is 0.0461. The molecule has 134 valence electrons. The number of likely N-dealkylation sites (tertiary alicyclic amines) is 1. The molecule has 0 saturated carbocycles. The Bertz CT molecular complexity index is 410. The van der Waals surface area contributed by atoms with Gasteiger partial charge in [0.1, 0.15) is 5.60 Å². The maximum Gasteiger partial charge on any atom is 0.410 e. The number of carbonyl (C=O) groups is 2. The van der Waals surface area contributed by atoms with E-state index in [4.69, 9.17) is 4.74 Å². The average Bonchev–Trinajstić information content (AvgIpc) is 2.35. The van der Waals surface area contributed by atoms with Crippen molar-refractivity contribution in [2.75, 3.05) is 19.6 Å². The molecule has 1 rings (SSSR count). The van der Waals surface area contributed by atoms with Crippen LogP contribution in [0.4, 0.5) is 4.79 Å². The second-order valence-electron chi connectivity index (χ2n) is 8.27. The van der Waals surface area contributed by atoms with E-state index in [1.54, 1.807) is 4.90 Å². The van der Waals surface area contributed by atoms with Gasteiger partial charge in [0.15, 0.2) is 0 Å². The van der Waals surface area contributed by atoms with Crippen LogP contribution in [0, 0.1) is 0 Å². The molecule has 1 saturated heterocycles. The molecule has 0 bridgehead atoms. The maximum atomic E-state index is 12.1. The van der Waals surface area contributed by atoms with E-state index in [0.717, 1.165) is 19.4 Å². The molecule has 0 aromatic carbocycles. The number of nitrogens with zero attached hydrogens (tertiary/aromatic N) is 1. The number of rotatable bonds is 4. The fraction of sp³-hybridized carbons (Fsp3) is 0.882. The Morgan fingerprint density at radius 3 is 2.39 bits per heavy atom. The van der Waals surface area contributed by atoms with Crippen LogP contribution in [0.2, 0.25) is 0 Å². The smallest absolute Gasteiger partial charge is 0.410 e. The molecule has 6 nitrogen and oxygen atoms in total. The third kappa shape index (κ3) is 8.79. The van der Waals surface area contributed by atoms with Crippen LogP contribution in [0.3, 0.4) is 0 Å². The van der Waals surface area contributed by atoms with Gasteiger partial charge in [0.05, 0.1) is 0 Å². The van der Waals surface area contributed by atoms with Crippen molar-refractivity contribution in [2.24, 2.45) is 0 Å². The van der Waals surface area contributed by atoms with Gasteiger partial charge in [0.25, 0.3) is 0 Å². The number of nitrogens with one attached hydrogen (secondary N) is 2. The van der Waals surface area contributed by atoms with E-state index in [1.165, 1.54) is 0 Å². The molecule has 0 spiro atoms. The Morgan fingerprint density at radius 1 is 1.17 bits per heavy atom. The summed E-state index contributed by atoms with van der Waals surface area (Å²) in [6, 6.07) is 0.221. The van der Waals surface area contributed by atoms with E-state index in [2.05, 4.69) is 10.6 Å². The Hall–Kier alpha value is -1.30. The molecule has 6 heteroatoms. The molecular formula is C17H33N3O3. The van der Waals surface area contributed by atoms with Crippen molar-refractivity contribution in [1.29, 1.82) is 0 Å². The van der Waals surface area contributed by atoms with Crippen LogP contribution < -0.4 is 10.6 Å². The fourth-order valence-electron chi connectivity index (χ4n) is 2.51. The summed E-state index contributed by atoms with van der Waals surface area (Å²) in [4.78, 5) is 25.7. The van der Waals surface area contributed by atoms with Gasteiger partial charge >= 0.3 is 6.09 Å². The van der Waals surface area contributed by atoms with Crippen LogP contribution in [0.15, 0.2) is 0 Å². The zero-order valence-corrected chi connectivity index (χ0v) is 15.5. The van der Waals surface area contributed by atoms with Crippen LogP contribution in [0.1, 0.15) is 60.8 Å². The van der Waals surface area contributed by atoms with Gasteiger partial charge in [-0.25, -0.2) is 4.79 Å². The molecule has 1 unspecified atom stereocenters. The summed E-state index contributed by atoms with van der Waals surface area (Å²) in [5, 5.41) is 6.32. The molecule has 1 heterocycles. The predicted octanol–water partition coefficient (Wildman–Crippen LogP) is 2.28. The Labute approximate surface area is 140 Å². The zero-order chi connectivity index (χ0) is 17.7. The lowest BCUT2D eigenvalue weighted by atomic mass is 10.1. The summed E-state index contributed by atoms with van der Waals surface area (Å²) in [7, 11) is 0. The number of carbonyl (C=O) groups excluding carboxylic acids is 2. The van der Waals surface area contributed by atoms with Crippen LogP contribution in [0.5, 0.6) is 0 Å². The molecule has 0 aromatic rings. The fourth-order valence-corrected chi connectivity index (χ4v) is 2.51. The topological polar surface area (TPSA) is 70.7 Å². The van der Waals surface area contributed by atoms with Crippen LogP contribution in [-0.4, -0.2) is 53.7 Å². The monoisotopic (exact) mass is 327 g/mol. The molecule has 2 N–H and O–H groups in total. The first kappa shape index (κ1) is 19.7. The lowest BCUT2D eigenvalue weighted by molar-refractivity contribution is -0.122. The molecule has 1 aliphatic heterocycles. The molecular weight excluding hydrogens is 294 g/mol. The second kappa shape index (κ2) is 7.99. The maximum absolute atomic E-state index is 12.1. The summed E-state index contributed by atoms with van der Waals surface area (Å²) in [5.41, 5.74) is -0.669. The SMILES string of the molecule is CC(C)(C)NC(=O)CCNC1CCCN(C(=O)OC(C)(C)C)C1. The molecule has 1 fully saturated rings. The first-order chi connectivity index (χ1) is 10.5. The average molecular weight is 327 g/mol. The van der Waals surface area contributed by atoms with Crippen molar-refractivity contribution < 1.29 is 14.3 Å². The highest BCUT2D eigenvalue weighted by Gasteiger charge is 2.27. The van der Waals surface area contributed by atoms with E-state index in [9.17, 15) is 9.59 Å². The van der Waals surface area contributed by atoms with Gasteiger partial charge in [-0.3, -0.25) is 4.79 Å². The molecule has 1 aliphatic rings. The Morgan fingerprint density at radius 2 is 1.83 bits per heavy atom. The van der Waals surface area contributed by atoms with Gasteiger partial charge in [-0.05, 0) is 54.4 Å². The minimum absolute atomic E-state index is 0.0461. The van der Waals surface area contributed by atoms with Gasteiger partial charge in [-0.15, -0.1) is 0 Å². The molecule has 0 radical (unpaired) electrons.